The first-order valence-electron chi connectivity index (χ1n) is 10.1. The molecule has 1 fully saturated rings. The lowest BCUT2D eigenvalue weighted by Crippen LogP contribution is -2.29. The number of aliphatic hydroxyl groups is 1. The van der Waals surface area contributed by atoms with Gasteiger partial charge >= 0.3 is 0 Å². The lowest BCUT2D eigenvalue weighted by molar-refractivity contribution is -0.132. The normalized spacial score (nSPS) is 17.8. The van der Waals surface area contributed by atoms with Crippen LogP contribution < -0.4 is 4.90 Å². The first-order chi connectivity index (χ1) is 15.2. The summed E-state index contributed by atoms with van der Waals surface area (Å²) in [7, 11) is 0. The third kappa shape index (κ3) is 3.70. The number of amides is 1. The molecule has 1 aliphatic rings. The van der Waals surface area contributed by atoms with E-state index < -0.39 is 17.7 Å². The summed E-state index contributed by atoms with van der Waals surface area (Å²) in [5.41, 5.74) is 4.36. The molecule has 3 aromatic carbocycles. The molecule has 4 nitrogen and oxygen atoms in total. The predicted molar refractivity (Wildman–Crippen MR) is 128 cm³/mol. The van der Waals surface area contributed by atoms with Crippen molar-refractivity contribution in [3.05, 3.63) is 104 Å². The molecule has 1 atom stereocenters. The number of carbonyl (C=O) groups excluding carboxylic acids is 2. The van der Waals surface area contributed by atoms with Crippen LogP contribution in [0.25, 0.3) is 5.76 Å². The summed E-state index contributed by atoms with van der Waals surface area (Å²) in [4.78, 5) is 27.9. The number of benzene rings is 3. The summed E-state index contributed by atoms with van der Waals surface area (Å²) in [6, 6.07) is 17.1. The summed E-state index contributed by atoms with van der Waals surface area (Å²) >= 11 is 12.3. The van der Waals surface area contributed by atoms with Crippen molar-refractivity contribution in [3.8, 4) is 0 Å². The summed E-state index contributed by atoms with van der Waals surface area (Å²) in [5, 5.41) is 11.9. The molecule has 6 heteroatoms. The number of aryl methyl sites for hydroxylation is 3. The van der Waals surface area contributed by atoms with Gasteiger partial charge in [0.05, 0.1) is 21.7 Å². The van der Waals surface area contributed by atoms with Crippen LogP contribution >= 0.6 is 23.2 Å². The molecule has 162 valence electrons. The minimum atomic E-state index is -0.812. The van der Waals surface area contributed by atoms with Gasteiger partial charge in [0.1, 0.15) is 5.76 Å². The first-order valence-corrected chi connectivity index (χ1v) is 10.9. The van der Waals surface area contributed by atoms with Crippen LogP contribution in [0.5, 0.6) is 0 Å². The Balaban J connectivity index is 2.01. The highest BCUT2D eigenvalue weighted by molar-refractivity contribution is 6.52. The van der Waals surface area contributed by atoms with Gasteiger partial charge < -0.3 is 5.11 Å². The van der Waals surface area contributed by atoms with Gasteiger partial charge in [-0.2, -0.15) is 0 Å². The fourth-order valence-electron chi connectivity index (χ4n) is 4.06. The Kier molecular flexibility index (Phi) is 5.85. The quantitative estimate of drug-likeness (QED) is 0.271. The molecule has 0 saturated carbocycles. The molecule has 1 unspecified atom stereocenters. The van der Waals surface area contributed by atoms with Gasteiger partial charge in [-0.25, -0.2) is 0 Å². The summed E-state index contributed by atoms with van der Waals surface area (Å²) in [6.07, 6.45) is 0. The van der Waals surface area contributed by atoms with E-state index in [0.29, 0.717) is 16.3 Å². The monoisotopic (exact) mass is 465 g/mol. The molecule has 1 N–H and O–H groups in total. The van der Waals surface area contributed by atoms with Crippen molar-refractivity contribution >= 4 is 46.3 Å². The number of halogens is 2. The van der Waals surface area contributed by atoms with E-state index in [4.69, 9.17) is 23.2 Å². The maximum absolute atomic E-state index is 13.3. The minimum Gasteiger partial charge on any atom is -0.507 e. The lowest BCUT2D eigenvalue weighted by atomic mass is 9.91. The summed E-state index contributed by atoms with van der Waals surface area (Å²) in [5.74, 6) is -1.67. The summed E-state index contributed by atoms with van der Waals surface area (Å²) < 4.78 is 0. The van der Waals surface area contributed by atoms with Crippen LogP contribution in [0.4, 0.5) is 5.69 Å². The predicted octanol–water partition coefficient (Wildman–Crippen LogP) is 6.54. The zero-order valence-electron chi connectivity index (χ0n) is 17.8. The van der Waals surface area contributed by atoms with Crippen LogP contribution in [0.2, 0.25) is 10.0 Å². The van der Waals surface area contributed by atoms with E-state index in [1.54, 1.807) is 18.2 Å². The molecule has 0 bridgehead atoms. The van der Waals surface area contributed by atoms with E-state index in [1.807, 2.05) is 63.2 Å². The van der Waals surface area contributed by atoms with Crippen molar-refractivity contribution in [3.63, 3.8) is 0 Å². The van der Waals surface area contributed by atoms with Gasteiger partial charge in [-0.05, 0) is 61.7 Å². The van der Waals surface area contributed by atoms with Gasteiger partial charge in [-0.3, -0.25) is 14.5 Å². The molecule has 0 aliphatic carbocycles. The maximum atomic E-state index is 13.3. The zero-order chi connectivity index (χ0) is 23.2. The molecule has 4 rings (SSSR count). The van der Waals surface area contributed by atoms with Gasteiger partial charge in [-0.1, -0.05) is 65.2 Å². The number of Topliss-reactive ketones (excluding diaryl/α,β-unsaturated/α-hetero) is 1. The topological polar surface area (TPSA) is 57.6 Å². The fraction of sp³-hybridized carbons (Fsp3) is 0.154. The van der Waals surface area contributed by atoms with E-state index in [2.05, 4.69) is 0 Å². The van der Waals surface area contributed by atoms with E-state index in [1.165, 1.54) is 4.90 Å². The van der Waals surface area contributed by atoms with Gasteiger partial charge in [0, 0.05) is 11.3 Å². The number of anilines is 1. The molecule has 1 amide bonds. The molecule has 1 saturated heterocycles. The SMILES string of the molecule is Cc1ccc(C)c(/C(O)=C2\C(=O)C(=O)N(c3ccc(Cl)c(Cl)c3)C2c2ccccc2C)c1. The molecule has 0 aromatic heterocycles. The second kappa shape index (κ2) is 8.45. The highest BCUT2D eigenvalue weighted by atomic mass is 35.5. The standard InChI is InChI=1S/C26H21Cl2NO3/c1-14-8-9-16(3)19(12-14)24(30)22-23(18-7-5-4-6-15(18)2)29(26(32)25(22)31)17-10-11-20(27)21(28)13-17/h4-13,23,30H,1-3H3/b24-22+. The Hall–Kier alpha value is -3.08. The Morgan fingerprint density at radius 2 is 1.59 bits per heavy atom. The van der Waals surface area contributed by atoms with Crippen LogP contribution in [0, 0.1) is 20.8 Å². The Labute approximate surface area is 196 Å². The molecule has 1 heterocycles. The number of carbonyl (C=O) groups is 2. The second-order valence-electron chi connectivity index (χ2n) is 7.94. The van der Waals surface area contributed by atoms with Crippen molar-refractivity contribution in [2.45, 2.75) is 26.8 Å². The smallest absolute Gasteiger partial charge is 0.300 e. The molecule has 0 radical (unpaired) electrons. The number of hydrogen-bond acceptors (Lipinski definition) is 3. The number of aliphatic hydroxyl groups excluding tert-OH is 1. The molecule has 0 spiro atoms. The molecule has 3 aromatic rings. The third-order valence-electron chi connectivity index (χ3n) is 5.76. The van der Waals surface area contributed by atoms with Crippen molar-refractivity contribution < 1.29 is 14.7 Å². The lowest BCUT2D eigenvalue weighted by Gasteiger charge is -2.27. The van der Waals surface area contributed by atoms with Gasteiger partial charge in [0.15, 0.2) is 0 Å². The number of ketones is 1. The van der Waals surface area contributed by atoms with Crippen LogP contribution in [-0.4, -0.2) is 16.8 Å². The van der Waals surface area contributed by atoms with E-state index in [0.717, 1.165) is 22.3 Å². The van der Waals surface area contributed by atoms with E-state index in [9.17, 15) is 14.7 Å². The molecule has 1 aliphatic heterocycles. The third-order valence-corrected chi connectivity index (χ3v) is 6.50. The van der Waals surface area contributed by atoms with Gasteiger partial charge in [0.25, 0.3) is 11.7 Å². The van der Waals surface area contributed by atoms with Crippen molar-refractivity contribution in [1.29, 1.82) is 0 Å². The van der Waals surface area contributed by atoms with Gasteiger partial charge in [-0.15, -0.1) is 0 Å². The van der Waals surface area contributed by atoms with E-state index in [-0.39, 0.29) is 16.4 Å². The van der Waals surface area contributed by atoms with Crippen molar-refractivity contribution in [1.82, 2.24) is 0 Å². The van der Waals surface area contributed by atoms with Crippen LogP contribution in [0.1, 0.15) is 33.9 Å². The van der Waals surface area contributed by atoms with Crippen molar-refractivity contribution in [2.24, 2.45) is 0 Å². The number of hydrogen-bond donors (Lipinski definition) is 1. The average molecular weight is 466 g/mol. The highest BCUT2D eigenvalue weighted by Gasteiger charge is 2.47. The van der Waals surface area contributed by atoms with Crippen LogP contribution in [-0.2, 0) is 9.59 Å². The zero-order valence-corrected chi connectivity index (χ0v) is 19.3. The average Bonchev–Trinajstić information content (AvgIpc) is 3.02. The number of nitrogens with zero attached hydrogens (tertiary/aromatic N) is 1. The van der Waals surface area contributed by atoms with Crippen LogP contribution in [0.3, 0.4) is 0 Å². The minimum absolute atomic E-state index is 0.0454. The van der Waals surface area contributed by atoms with Crippen LogP contribution in [0.15, 0.2) is 66.2 Å². The van der Waals surface area contributed by atoms with Crippen molar-refractivity contribution in [2.75, 3.05) is 4.90 Å². The van der Waals surface area contributed by atoms with Gasteiger partial charge in [0.2, 0.25) is 0 Å². The Morgan fingerprint density at radius 1 is 0.875 bits per heavy atom. The number of rotatable bonds is 3. The summed E-state index contributed by atoms with van der Waals surface area (Å²) in [6.45, 7) is 5.66. The Morgan fingerprint density at radius 3 is 2.28 bits per heavy atom. The first kappa shape index (κ1) is 22.1. The highest BCUT2D eigenvalue weighted by Crippen LogP contribution is 2.44. The Bertz CT molecular complexity index is 1300. The largest absolute Gasteiger partial charge is 0.507 e. The maximum Gasteiger partial charge on any atom is 0.300 e. The fourth-order valence-corrected chi connectivity index (χ4v) is 4.35. The van der Waals surface area contributed by atoms with E-state index >= 15 is 0 Å². The molecular weight excluding hydrogens is 445 g/mol. The molecular formula is C26H21Cl2NO3. The second-order valence-corrected chi connectivity index (χ2v) is 8.76. The molecule has 32 heavy (non-hydrogen) atoms.